The van der Waals surface area contributed by atoms with E-state index in [1.54, 1.807) is 12.1 Å². The third-order valence-electron chi connectivity index (χ3n) is 11.7. The molecule has 329 valence electrons. The summed E-state index contributed by atoms with van der Waals surface area (Å²) in [5.41, 5.74) is 10.6. The van der Waals surface area contributed by atoms with E-state index in [0.717, 1.165) is 38.8 Å². The fourth-order valence-electron chi connectivity index (χ4n) is 8.26. The van der Waals surface area contributed by atoms with E-state index in [-0.39, 0.29) is 48.0 Å². The molecular formula is C57H58FIrN3OSi-2. The molecule has 0 saturated heterocycles. The van der Waals surface area contributed by atoms with Gasteiger partial charge >= 0.3 is 0 Å². The van der Waals surface area contributed by atoms with E-state index in [2.05, 4.69) is 99.4 Å². The Balaban J connectivity index is 0.000000245. The third kappa shape index (κ3) is 8.96. The fourth-order valence-corrected chi connectivity index (χ4v) is 9.44. The van der Waals surface area contributed by atoms with Crippen LogP contribution in [-0.4, -0.2) is 22.6 Å². The fraction of sp³-hybridized carbons (Fsp3) is 0.263. The van der Waals surface area contributed by atoms with Gasteiger partial charge < -0.3 is 14.0 Å². The normalized spacial score (nSPS) is 13.8. The molecule has 0 amide bonds. The van der Waals surface area contributed by atoms with Crippen LogP contribution in [0.5, 0.6) is 0 Å². The molecule has 3 aromatic heterocycles. The van der Waals surface area contributed by atoms with Crippen molar-refractivity contribution < 1.29 is 37.1 Å². The Morgan fingerprint density at radius 2 is 1.47 bits per heavy atom. The number of para-hydroxylation sites is 2. The van der Waals surface area contributed by atoms with E-state index in [1.807, 2.05) is 81.4 Å². The summed E-state index contributed by atoms with van der Waals surface area (Å²) < 4.78 is 70.2. The molecule has 0 aliphatic rings. The second-order valence-electron chi connectivity index (χ2n) is 19.0. The van der Waals surface area contributed by atoms with Gasteiger partial charge in [-0.15, -0.1) is 53.6 Å². The molecule has 0 fully saturated rings. The maximum atomic E-state index is 16.1. The average Bonchev–Trinajstić information content (AvgIpc) is 3.87. The molecule has 7 heteroatoms. The Hall–Kier alpha value is -5.46. The van der Waals surface area contributed by atoms with Crippen LogP contribution in [0, 0.1) is 31.7 Å². The van der Waals surface area contributed by atoms with E-state index in [4.69, 9.17) is 17.6 Å². The molecule has 3 heterocycles. The van der Waals surface area contributed by atoms with E-state index in [9.17, 15) is 0 Å². The number of hydrogen-bond acceptors (Lipinski definition) is 3. The number of rotatable bonds is 7. The molecule has 6 aromatic carbocycles. The first kappa shape index (κ1) is 38.9. The van der Waals surface area contributed by atoms with Crippen LogP contribution in [0.15, 0.2) is 126 Å². The SMILES string of the molecule is CC(C)c1cc([Si](C)(C)C)cc(C(C)C)c1-n1c(-c2[c-]ccc3c2oc2c(F)c(-c4ccccc4)ccc23)nc2ccccc21.[2H]C([2H])([2H])c1c[c-]c(-c2cc(C(C)(C)C)c(C([2H])([2H])[2H])cn2)cc1.[Ir]. The Morgan fingerprint density at radius 3 is 2.09 bits per heavy atom. The Bertz CT molecular complexity index is 3320. The zero-order valence-corrected chi connectivity index (χ0v) is 41.6. The van der Waals surface area contributed by atoms with Crippen molar-refractivity contribution in [1.29, 1.82) is 0 Å². The van der Waals surface area contributed by atoms with Crippen LogP contribution in [0.25, 0.3) is 72.4 Å². The van der Waals surface area contributed by atoms with Crippen LogP contribution in [0.4, 0.5) is 4.39 Å². The van der Waals surface area contributed by atoms with E-state index in [0.29, 0.717) is 39.8 Å². The molecule has 9 aromatic rings. The minimum absolute atomic E-state index is 0. The molecule has 0 atom stereocenters. The summed E-state index contributed by atoms with van der Waals surface area (Å²) in [6, 6.07) is 43.2. The molecule has 9 rings (SSSR count). The summed E-state index contributed by atoms with van der Waals surface area (Å²) in [6.07, 6.45) is 1.38. The Kier molecular flexibility index (Phi) is 11.1. The number of imidazole rings is 1. The number of aryl methyl sites for hydroxylation is 2. The van der Waals surface area contributed by atoms with Gasteiger partial charge in [0.1, 0.15) is 0 Å². The molecule has 0 saturated carbocycles. The summed E-state index contributed by atoms with van der Waals surface area (Å²) in [7, 11) is -1.60. The predicted molar refractivity (Wildman–Crippen MR) is 266 cm³/mol. The minimum atomic E-state index is -2.23. The molecule has 0 spiro atoms. The maximum Gasteiger partial charge on any atom is 0.172 e. The zero-order chi connectivity index (χ0) is 50.0. The van der Waals surface area contributed by atoms with E-state index < -0.39 is 21.8 Å². The number of fused-ring (bicyclic) bond motifs is 4. The van der Waals surface area contributed by atoms with Gasteiger partial charge in [-0.1, -0.05) is 164 Å². The van der Waals surface area contributed by atoms with Gasteiger partial charge in [-0.25, -0.2) is 4.39 Å². The van der Waals surface area contributed by atoms with Crippen LogP contribution in [0.1, 0.15) is 96.3 Å². The van der Waals surface area contributed by atoms with Crippen molar-refractivity contribution in [3.8, 4) is 39.5 Å². The number of pyridine rings is 1. The minimum Gasteiger partial charge on any atom is -0.497 e. The first-order valence-corrected chi connectivity index (χ1v) is 25.2. The van der Waals surface area contributed by atoms with Crippen LogP contribution in [0.3, 0.4) is 0 Å². The molecule has 0 aliphatic carbocycles. The molecular weight excluding hydrogens is 982 g/mol. The Morgan fingerprint density at radius 1 is 0.781 bits per heavy atom. The maximum absolute atomic E-state index is 16.1. The molecule has 64 heavy (non-hydrogen) atoms. The van der Waals surface area contributed by atoms with Gasteiger partial charge in [-0.05, 0) is 69.7 Å². The van der Waals surface area contributed by atoms with Crippen molar-refractivity contribution in [2.24, 2.45) is 0 Å². The second kappa shape index (κ2) is 18.2. The molecule has 4 nitrogen and oxygen atoms in total. The molecule has 0 unspecified atom stereocenters. The van der Waals surface area contributed by atoms with E-state index in [1.165, 1.54) is 40.3 Å². The van der Waals surface area contributed by atoms with E-state index >= 15 is 4.39 Å². The average molecular weight is 1050 g/mol. The predicted octanol–water partition coefficient (Wildman–Crippen LogP) is 15.5. The van der Waals surface area contributed by atoms with Gasteiger partial charge in [0.05, 0.1) is 30.5 Å². The smallest absolute Gasteiger partial charge is 0.172 e. The first-order valence-electron chi connectivity index (χ1n) is 24.7. The third-order valence-corrected chi connectivity index (χ3v) is 13.7. The second-order valence-corrected chi connectivity index (χ2v) is 24.1. The number of furan rings is 1. The zero-order valence-electron chi connectivity index (χ0n) is 44.2. The van der Waals surface area contributed by atoms with Crippen LogP contribution in [0.2, 0.25) is 19.6 Å². The largest absolute Gasteiger partial charge is 0.497 e. The van der Waals surface area contributed by atoms with Crippen molar-refractivity contribution in [3.05, 3.63) is 167 Å². The number of aromatic nitrogens is 3. The monoisotopic (exact) mass is 1050 g/mol. The summed E-state index contributed by atoms with van der Waals surface area (Å²) in [6.45, 7) is 17.8. The quantitative estimate of drug-likeness (QED) is 0.118. The van der Waals surface area contributed by atoms with Gasteiger partial charge in [0.15, 0.2) is 11.4 Å². The molecule has 1 radical (unpaired) electrons. The number of halogens is 1. The van der Waals surface area contributed by atoms with Crippen molar-refractivity contribution in [1.82, 2.24) is 14.5 Å². The topological polar surface area (TPSA) is 43.9 Å². The molecule has 0 N–H and O–H groups in total. The van der Waals surface area contributed by atoms with Crippen molar-refractivity contribution in [2.45, 2.75) is 99.1 Å². The molecule has 0 aliphatic heterocycles. The van der Waals surface area contributed by atoms with Crippen LogP contribution >= 0.6 is 0 Å². The van der Waals surface area contributed by atoms with Gasteiger partial charge in [-0.2, -0.15) is 0 Å². The van der Waals surface area contributed by atoms with Gasteiger partial charge in [0.2, 0.25) is 0 Å². The summed E-state index contributed by atoms with van der Waals surface area (Å²) in [5.74, 6) is 0.966. The van der Waals surface area contributed by atoms with Crippen LogP contribution < -0.4 is 5.19 Å². The summed E-state index contributed by atoms with van der Waals surface area (Å²) >= 11 is 0. The van der Waals surface area contributed by atoms with Gasteiger partial charge in [0, 0.05) is 51.2 Å². The van der Waals surface area contributed by atoms with Crippen molar-refractivity contribution >= 4 is 46.2 Å². The Labute approximate surface area is 401 Å². The van der Waals surface area contributed by atoms with Crippen LogP contribution in [-0.2, 0) is 25.5 Å². The number of hydrogen-bond donors (Lipinski definition) is 0. The summed E-state index contributed by atoms with van der Waals surface area (Å²) in [4.78, 5) is 9.48. The summed E-state index contributed by atoms with van der Waals surface area (Å²) in [5, 5.41) is 3.05. The van der Waals surface area contributed by atoms with Crippen molar-refractivity contribution in [3.63, 3.8) is 0 Å². The van der Waals surface area contributed by atoms with Crippen molar-refractivity contribution in [2.75, 3.05) is 0 Å². The first-order chi connectivity index (χ1) is 32.3. The number of nitrogens with zero attached hydrogens (tertiary/aromatic N) is 3. The van der Waals surface area contributed by atoms with Gasteiger partial charge in [-0.3, -0.25) is 4.98 Å². The number of benzene rings is 6. The standard InChI is InChI=1S/C40H38FN2OSi.C17H20N.Ir/c1-24(2)32-22-27(45(5,6)7)23-33(25(3)4)37(32)43-35-19-12-11-18-34(35)42-40(43)31-17-13-16-29-30-21-20-28(26-14-9-8-10-15-26)36(41)39(30)44-38(29)31;1-12-6-8-14(9-7-12)16-10-15(17(3,4)5)13(2)11-18-16;/h8-16,18-25H,1-7H3;6-8,10-11H,1-5H3;/q2*-1;/i;1D3,2D3;. The van der Waals surface area contributed by atoms with Gasteiger partial charge in [0.25, 0.3) is 0 Å². The molecule has 0 bridgehead atoms.